The Kier molecular flexibility index (Phi) is 3.70. The van der Waals surface area contributed by atoms with Gasteiger partial charge < -0.3 is 14.7 Å². The second-order valence-corrected chi connectivity index (χ2v) is 7.31. The van der Waals surface area contributed by atoms with Gasteiger partial charge in [0, 0.05) is 24.3 Å². The van der Waals surface area contributed by atoms with Gasteiger partial charge in [-0.2, -0.15) is 0 Å². The number of aryl methyl sites for hydroxylation is 2. The first-order chi connectivity index (χ1) is 13.2. The number of hydrogen-bond acceptors (Lipinski definition) is 4. The number of nitrogen functional groups attached to an aromatic ring is 1. The second-order valence-electron chi connectivity index (χ2n) is 7.31. The number of nitrogens with two attached hydrogens (primary N) is 1. The van der Waals surface area contributed by atoms with Crippen LogP contribution in [0.2, 0.25) is 0 Å². The van der Waals surface area contributed by atoms with Crippen LogP contribution in [-0.2, 0) is 6.42 Å². The van der Waals surface area contributed by atoms with Crippen LogP contribution in [-0.4, -0.2) is 23.9 Å². The maximum absolute atomic E-state index is 5.96. The molecule has 0 fully saturated rings. The van der Waals surface area contributed by atoms with Gasteiger partial charge in [0.15, 0.2) is 0 Å². The van der Waals surface area contributed by atoms with E-state index in [1.54, 1.807) is 6.33 Å². The lowest BCUT2D eigenvalue weighted by atomic mass is 10.1. The topological polar surface area (TPSA) is 74.0 Å². The number of rotatable bonds is 4. The number of allylic oxidation sites excluding steroid dienone is 2. The zero-order valence-corrected chi connectivity index (χ0v) is 15.3. The molecule has 4 heterocycles. The summed E-state index contributed by atoms with van der Waals surface area (Å²) in [5.41, 5.74) is 11.9. The van der Waals surface area contributed by atoms with Crippen molar-refractivity contribution in [2.75, 3.05) is 5.73 Å². The van der Waals surface area contributed by atoms with Gasteiger partial charge in [-0.25, -0.2) is 15.0 Å². The summed E-state index contributed by atoms with van der Waals surface area (Å²) in [6, 6.07) is 6.76. The third-order valence-electron chi connectivity index (χ3n) is 5.58. The highest BCUT2D eigenvalue weighted by molar-refractivity contribution is 5.86. The molecule has 1 aliphatic rings. The summed E-state index contributed by atoms with van der Waals surface area (Å²) in [5, 5.41) is 0.933. The Morgan fingerprint density at radius 3 is 3.00 bits per heavy atom. The van der Waals surface area contributed by atoms with Crippen LogP contribution in [0.25, 0.3) is 16.7 Å². The minimum Gasteiger partial charge on any atom is -0.383 e. The van der Waals surface area contributed by atoms with Gasteiger partial charge >= 0.3 is 0 Å². The van der Waals surface area contributed by atoms with Crippen LogP contribution in [0.3, 0.4) is 0 Å². The van der Waals surface area contributed by atoms with Crippen LogP contribution >= 0.6 is 0 Å². The molecule has 136 valence electrons. The SMILES string of the molecule is Cc1cnc2cc(CCC3=CC(n4ccc5c(N)ncnc54)CC3)ccn12. The normalized spacial score (nSPS) is 17.1. The monoisotopic (exact) mass is 358 g/mol. The van der Waals surface area contributed by atoms with E-state index in [-0.39, 0.29) is 0 Å². The zero-order chi connectivity index (χ0) is 18.4. The Morgan fingerprint density at radius 2 is 2.07 bits per heavy atom. The smallest absolute Gasteiger partial charge is 0.146 e. The lowest BCUT2D eigenvalue weighted by Crippen LogP contribution is -2.03. The Morgan fingerprint density at radius 1 is 1.15 bits per heavy atom. The average molecular weight is 358 g/mol. The summed E-state index contributed by atoms with van der Waals surface area (Å²) in [7, 11) is 0. The molecule has 0 amide bonds. The van der Waals surface area contributed by atoms with E-state index >= 15 is 0 Å². The highest BCUT2D eigenvalue weighted by atomic mass is 15.1. The van der Waals surface area contributed by atoms with Crippen molar-refractivity contribution in [2.45, 2.75) is 38.6 Å². The van der Waals surface area contributed by atoms with Gasteiger partial charge in [0.1, 0.15) is 23.4 Å². The first kappa shape index (κ1) is 16.1. The molecule has 0 radical (unpaired) electrons. The van der Waals surface area contributed by atoms with Crippen LogP contribution in [0.5, 0.6) is 0 Å². The predicted octanol–water partition coefficient (Wildman–Crippen LogP) is 3.86. The third-order valence-corrected chi connectivity index (χ3v) is 5.58. The zero-order valence-electron chi connectivity index (χ0n) is 15.3. The molecule has 1 aliphatic carbocycles. The van der Waals surface area contributed by atoms with Crippen LogP contribution < -0.4 is 5.73 Å². The van der Waals surface area contributed by atoms with E-state index in [2.05, 4.69) is 61.4 Å². The summed E-state index contributed by atoms with van der Waals surface area (Å²) in [4.78, 5) is 13.0. The summed E-state index contributed by atoms with van der Waals surface area (Å²) in [5.74, 6) is 0.547. The van der Waals surface area contributed by atoms with Crippen molar-refractivity contribution >= 4 is 22.5 Å². The van der Waals surface area contributed by atoms with Gasteiger partial charge in [-0.15, -0.1) is 0 Å². The van der Waals surface area contributed by atoms with E-state index in [0.717, 1.165) is 42.4 Å². The number of imidazole rings is 1. The van der Waals surface area contributed by atoms with Gasteiger partial charge in [-0.3, -0.25) is 0 Å². The Labute approximate surface area is 157 Å². The van der Waals surface area contributed by atoms with Gasteiger partial charge in [0.25, 0.3) is 0 Å². The van der Waals surface area contributed by atoms with Crippen LogP contribution in [0, 0.1) is 6.92 Å². The molecule has 1 atom stereocenters. The van der Waals surface area contributed by atoms with Gasteiger partial charge in [-0.05, 0) is 56.4 Å². The standard InChI is InChI=1S/C21H22N6/c1-14-12-23-19-11-16(6-8-26(14)19)3-2-15-4-5-17(10-15)27-9-7-18-20(22)24-13-25-21(18)27/h6-13,17H,2-5H2,1H3,(H2,22,24,25). The summed E-state index contributed by atoms with van der Waals surface area (Å²) >= 11 is 0. The quantitative estimate of drug-likeness (QED) is 0.562. The molecule has 6 heteroatoms. The van der Waals surface area contributed by atoms with E-state index < -0.39 is 0 Å². The lowest BCUT2D eigenvalue weighted by molar-refractivity contribution is 0.603. The van der Waals surface area contributed by atoms with Crippen molar-refractivity contribution in [1.82, 2.24) is 23.9 Å². The first-order valence-electron chi connectivity index (χ1n) is 9.38. The number of fused-ring (bicyclic) bond motifs is 2. The number of hydrogen-bond donors (Lipinski definition) is 1. The van der Waals surface area contributed by atoms with Crippen LogP contribution in [0.1, 0.15) is 36.6 Å². The van der Waals surface area contributed by atoms with E-state index in [0.29, 0.717) is 11.9 Å². The van der Waals surface area contributed by atoms with Gasteiger partial charge in [0.05, 0.1) is 11.4 Å². The molecular weight excluding hydrogens is 336 g/mol. The Hall–Kier alpha value is -3.15. The second kappa shape index (κ2) is 6.23. The summed E-state index contributed by atoms with van der Waals surface area (Å²) in [6.07, 6.45) is 14.4. The number of anilines is 1. The van der Waals surface area contributed by atoms with Crippen LogP contribution in [0.15, 0.2) is 54.8 Å². The van der Waals surface area contributed by atoms with E-state index in [4.69, 9.17) is 5.73 Å². The fraction of sp³-hybridized carbons (Fsp3) is 0.286. The average Bonchev–Trinajstić information content (AvgIpc) is 3.39. The van der Waals surface area contributed by atoms with Crippen molar-refractivity contribution in [3.05, 3.63) is 66.0 Å². The fourth-order valence-electron chi connectivity index (χ4n) is 4.07. The molecule has 5 rings (SSSR count). The van der Waals surface area contributed by atoms with Crippen molar-refractivity contribution in [2.24, 2.45) is 0 Å². The molecule has 6 nitrogen and oxygen atoms in total. The maximum atomic E-state index is 5.96. The van der Waals surface area contributed by atoms with Crippen molar-refractivity contribution in [3.8, 4) is 0 Å². The van der Waals surface area contributed by atoms with E-state index in [1.807, 2.05) is 12.3 Å². The molecule has 4 aromatic heterocycles. The minimum atomic E-state index is 0.351. The largest absolute Gasteiger partial charge is 0.383 e. The fourth-order valence-corrected chi connectivity index (χ4v) is 4.07. The lowest BCUT2D eigenvalue weighted by Gasteiger charge is -2.10. The number of pyridine rings is 1. The first-order valence-corrected chi connectivity index (χ1v) is 9.38. The molecule has 0 saturated carbocycles. The summed E-state index contributed by atoms with van der Waals surface area (Å²) in [6.45, 7) is 2.08. The molecule has 0 spiro atoms. The molecule has 2 N–H and O–H groups in total. The van der Waals surface area contributed by atoms with E-state index in [9.17, 15) is 0 Å². The van der Waals surface area contributed by atoms with Gasteiger partial charge in [0.2, 0.25) is 0 Å². The highest BCUT2D eigenvalue weighted by Gasteiger charge is 2.19. The minimum absolute atomic E-state index is 0.351. The Balaban J connectivity index is 1.33. The molecule has 0 saturated heterocycles. The molecule has 0 aliphatic heterocycles. The number of aromatic nitrogens is 5. The van der Waals surface area contributed by atoms with Crippen molar-refractivity contribution in [1.29, 1.82) is 0 Å². The summed E-state index contributed by atoms with van der Waals surface area (Å²) < 4.78 is 4.35. The molecule has 27 heavy (non-hydrogen) atoms. The maximum Gasteiger partial charge on any atom is 0.146 e. The number of nitrogens with zero attached hydrogens (tertiary/aromatic N) is 5. The molecule has 0 aromatic carbocycles. The van der Waals surface area contributed by atoms with Gasteiger partial charge in [-0.1, -0.05) is 11.6 Å². The van der Waals surface area contributed by atoms with Crippen molar-refractivity contribution in [3.63, 3.8) is 0 Å². The highest BCUT2D eigenvalue weighted by Crippen LogP contribution is 2.33. The van der Waals surface area contributed by atoms with E-state index in [1.165, 1.54) is 16.8 Å². The molecular formula is C21H22N6. The van der Waals surface area contributed by atoms with Crippen LogP contribution in [0.4, 0.5) is 5.82 Å². The van der Waals surface area contributed by atoms with Crippen molar-refractivity contribution < 1.29 is 0 Å². The predicted molar refractivity (Wildman–Crippen MR) is 107 cm³/mol. The molecule has 4 aromatic rings. The molecule has 0 bridgehead atoms. The third kappa shape index (κ3) is 2.77. The molecule has 1 unspecified atom stereocenters. The Bertz CT molecular complexity index is 1170.